The number of cyclic esters (lactones) is 1. The predicted molar refractivity (Wildman–Crippen MR) is 161 cm³/mol. The van der Waals surface area contributed by atoms with Crippen LogP contribution in [0.5, 0.6) is 11.5 Å². The van der Waals surface area contributed by atoms with Gasteiger partial charge < -0.3 is 33.2 Å². The van der Waals surface area contributed by atoms with E-state index in [0.717, 1.165) is 6.42 Å². The van der Waals surface area contributed by atoms with Gasteiger partial charge in [0.05, 0.1) is 18.3 Å². The number of methoxy groups -OCH3 is 1. The van der Waals surface area contributed by atoms with Crippen LogP contribution in [0.15, 0.2) is 60.7 Å². The quantitative estimate of drug-likeness (QED) is 0.196. The minimum absolute atomic E-state index is 0.0531. The van der Waals surface area contributed by atoms with Gasteiger partial charge in [0.1, 0.15) is 35.4 Å². The van der Waals surface area contributed by atoms with Crippen molar-refractivity contribution >= 4 is 18.0 Å². The lowest BCUT2D eigenvalue weighted by molar-refractivity contribution is -0.152. The van der Waals surface area contributed by atoms with Gasteiger partial charge in [-0.1, -0.05) is 50.3 Å². The molecule has 2 aromatic carbocycles. The molecule has 0 amide bonds. The summed E-state index contributed by atoms with van der Waals surface area (Å²) in [7, 11) is 1.51. The van der Waals surface area contributed by atoms with Crippen molar-refractivity contribution in [2.45, 2.75) is 77.7 Å². The van der Waals surface area contributed by atoms with Crippen molar-refractivity contribution in [3.05, 3.63) is 77.4 Å². The Kier molecular flexibility index (Phi) is 11.0. The number of carbonyl (C=O) groups excluding carboxylic acids is 2. The Bertz CT molecular complexity index is 1300. The van der Waals surface area contributed by atoms with Crippen molar-refractivity contribution in [2.75, 3.05) is 20.5 Å². The third kappa shape index (κ3) is 8.46. The summed E-state index contributed by atoms with van der Waals surface area (Å²) in [4.78, 5) is 26.7. The molecule has 1 saturated heterocycles. The van der Waals surface area contributed by atoms with Crippen LogP contribution in [0.25, 0.3) is 6.08 Å². The number of fused-ring (bicyclic) bond motifs is 2. The van der Waals surface area contributed by atoms with Gasteiger partial charge in [0, 0.05) is 19.1 Å². The fraction of sp³-hybridized carbons (Fsp3) is 0.471. The molecule has 0 aliphatic carbocycles. The van der Waals surface area contributed by atoms with Gasteiger partial charge in [0.2, 0.25) is 0 Å². The molecule has 0 saturated carbocycles. The molecule has 0 spiro atoms. The van der Waals surface area contributed by atoms with E-state index in [2.05, 4.69) is 0 Å². The molecule has 5 atom stereocenters. The lowest BCUT2D eigenvalue weighted by Crippen LogP contribution is -2.37. The van der Waals surface area contributed by atoms with Crippen LogP contribution in [0.3, 0.4) is 0 Å². The van der Waals surface area contributed by atoms with E-state index in [9.17, 15) is 9.59 Å². The maximum atomic E-state index is 13.6. The molecule has 2 aromatic rings. The van der Waals surface area contributed by atoms with Gasteiger partial charge in [-0.2, -0.15) is 0 Å². The fourth-order valence-corrected chi connectivity index (χ4v) is 4.91. The molecule has 9 heteroatoms. The number of carbonyl (C=O) groups is 2. The second-order valence-corrected chi connectivity index (χ2v) is 11.2. The number of hydrogen-bond acceptors (Lipinski definition) is 9. The van der Waals surface area contributed by atoms with E-state index in [0.29, 0.717) is 35.7 Å². The molecular weight excluding hydrogens is 552 g/mol. The Labute approximate surface area is 253 Å². The lowest BCUT2D eigenvalue weighted by Gasteiger charge is -2.25. The summed E-state index contributed by atoms with van der Waals surface area (Å²) in [6, 6.07) is 12.3. The molecule has 2 unspecified atom stereocenters. The molecule has 1 fully saturated rings. The standard InChI is InChI=1S/C34H42O9/c1-7-18-38-26-19-25-14-11-15-28-31(43-34(4,5)42-28)27(41-32(35)24-12-9-8-10-13-24)17-16-22(2)23(3)40-33(36)30(25)29(20-26)39-21-37-6/h8-14,16-17,19-20,22-23,27-28,31H,7,15,18,21H2,1-6H3/t22-,23+,27?,28+,31?/m1/s1. The van der Waals surface area contributed by atoms with Gasteiger partial charge in [0.15, 0.2) is 12.6 Å². The van der Waals surface area contributed by atoms with E-state index in [-0.39, 0.29) is 18.3 Å². The summed E-state index contributed by atoms with van der Waals surface area (Å²) in [6.07, 6.45) is 6.32. The minimum Gasteiger partial charge on any atom is -0.493 e. The molecule has 43 heavy (non-hydrogen) atoms. The van der Waals surface area contributed by atoms with E-state index in [4.69, 9.17) is 33.2 Å². The van der Waals surface area contributed by atoms with Crippen LogP contribution in [0, 0.1) is 5.92 Å². The molecule has 4 rings (SSSR count). The van der Waals surface area contributed by atoms with E-state index in [1.165, 1.54) is 7.11 Å². The Balaban J connectivity index is 1.74. The molecular formula is C34H42O9. The summed E-state index contributed by atoms with van der Waals surface area (Å²) in [5.41, 5.74) is 1.27. The van der Waals surface area contributed by atoms with Gasteiger partial charge in [-0.3, -0.25) is 0 Å². The van der Waals surface area contributed by atoms with Crippen molar-refractivity contribution in [1.82, 2.24) is 0 Å². The summed E-state index contributed by atoms with van der Waals surface area (Å²) >= 11 is 0. The van der Waals surface area contributed by atoms with Gasteiger partial charge in [-0.25, -0.2) is 9.59 Å². The zero-order chi connectivity index (χ0) is 31.0. The number of rotatable bonds is 8. The topological polar surface area (TPSA) is 98.8 Å². The monoisotopic (exact) mass is 594 g/mol. The summed E-state index contributed by atoms with van der Waals surface area (Å²) < 4.78 is 41.4. The summed E-state index contributed by atoms with van der Waals surface area (Å²) in [6.45, 7) is 9.88. The predicted octanol–water partition coefficient (Wildman–Crippen LogP) is 6.36. The molecule has 0 N–H and O–H groups in total. The SMILES string of the molecule is CCCOc1cc2c(c(OCOC)c1)C(=O)O[C@@H](C)[C@H](C)C=CC(OC(=O)c1ccccc1)C1OC(C)(C)O[C@H]1CC=C2. The number of benzene rings is 2. The van der Waals surface area contributed by atoms with E-state index < -0.39 is 42.1 Å². The highest BCUT2D eigenvalue weighted by atomic mass is 16.8. The first-order valence-electron chi connectivity index (χ1n) is 14.7. The third-order valence-electron chi connectivity index (χ3n) is 7.22. The fourth-order valence-electron chi connectivity index (χ4n) is 4.91. The highest BCUT2D eigenvalue weighted by Crippen LogP contribution is 2.36. The van der Waals surface area contributed by atoms with Crippen molar-refractivity contribution in [3.8, 4) is 11.5 Å². The van der Waals surface area contributed by atoms with E-state index >= 15 is 0 Å². The molecule has 232 valence electrons. The lowest BCUT2D eigenvalue weighted by atomic mass is 9.98. The molecule has 2 heterocycles. The number of ether oxygens (including phenoxy) is 7. The number of esters is 2. The van der Waals surface area contributed by atoms with Crippen molar-refractivity contribution in [2.24, 2.45) is 5.92 Å². The highest BCUT2D eigenvalue weighted by Gasteiger charge is 2.45. The highest BCUT2D eigenvalue weighted by molar-refractivity contribution is 5.97. The normalized spacial score (nSPS) is 25.2. The second kappa shape index (κ2) is 14.7. The van der Waals surface area contributed by atoms with E-state index in [1.54, 1.807) is 42.5 Å². The Hall–Kier alpha value is -3.66. The van der Waals surface area contributed by atoms with Crippen molar-refractivity contribution in [1.29, 1.82) is 0 Å². The van der Waals surface area contributed by atoms with Crippen LogP contribution in [-0.4, -0.2) is 62.7 Å². The Morgan fingerprint density at radius 3 is 2.53 bits per heavy atom. The molecule has 0 bridgehead atoms. The van der Waals surface area contributed by atoms with Gasteiger partial charge in [-0.05, 0) is 63.5 Å². The zero-order valence-corrected chi connectivity index (χ0v) is 25.7. The average molecular weight is 595 g/mol. The van der Waals surface area contributed by atoms with Gasteiger partial charge in [-0.15, -0.1) is 0 Å². The van der Waals surface area contributed by atoms with Crippen LogP contribution in [0.4, 0.5) is 0 Å². The largest absolute Gasteiger partial charge is 0.493 e. The smallest absolute Gasteiger partial charge is 0.342 e. The summed E-state index contributed by atoms with van der Waals surface area (Å²) in [5, 5.41) is 0. The molecule has 0 radical (unpaired) electrons. The molecule has 9 nitrogen and oxygen atoms in total. The minimum atomic E-state index is -0.902. The van der Waals surface area contributed by atoms with Gasteiger partial charge in [0.25, 0.3) is 0 Å². The van der Waals surface area contributed by atoms with Crippen LogP contribution in [-0.2, 0) is 23.7 Å². The van der Waals surface area contributed by atoms with E-state index in [1.807, 2.05) is 58.9 Å². The maximum Gasteiger partial charge on any atom is 0.342 e. The first kappa shape index (κ1) is 32.3. The van der Waals surface area contributed by atoms with Crippen molar-refractivity contribution < 1.29 is 42.7 Å². The first-order chi connectivity index (χ1) is 20.6. The van der Waals surface area contributed by atoms with Crippen LogP contribution < -0.4 is 9.47 Å². The first-order valence-corrected chi connectivity index (χ1v) is 14.7. The molecule has 2 aliphatic heterocycles. The second-order valence-electron chi connectivity index (χ2n) is 11.2. The van der Waals surface area contributed by atoms with Crippen molar-refractivity contribution in [3.63, 3.8) is 0 Å². The van der Waals surface area contributed by atoms with Crippen LogP contribution >= 0.6 is 0 Å². The van der Waals surface area contributed by atoms with Crippen LogP contribution in [0.2, 0.25) is 0 Å². The maximum absolute atomic E-state index is 13.6. The Morgan fingerprint density at radius 2 is 1.81 bits per heavy atom. The summed E-state index contributed by atoms with van der Waals surface area (Å²) in [5.74, 6) is -1.28. The average Bonchev–Trinajstić information content (AvgIpc) is 3.30. The van der Waals surface area contributed by atoms with Gasteiger partial charge >= 0.3 is 11.9 Å². The molecule has 2 aliphatic rings. The van der Waals surface area contributed by atoms with Crippen LogP contribution in [0.1, 0.15) is 73.7 Å². The zero-order valence-electron chi connectivity index (χ0n) is 25.7. The molecule has 0 aromatic heterocycles. The Morgan fingerprint density at radius 1 is 1.05 bits per heavy atom. The number of hydrogen-bond donors (Lipinski definition) is 0. The third-order valence-corrected chi connectivity index (χ3v) is 7.22.